The van der Waals surface area contributed by atoms with Crippen LogP contribution in [0, 0.1) is 5.92 Å². The van der Waals surface area contributed by atoms with E-state index in [1.54, 1.807) is 26.8 Å². The van der Waals surface area contributed by atoms with E-state index in [1.807, 2.05) is 0 Å². The number of amides is 1. The number of pyridine rings is 1. The van der Waals surface area contributed by atoms with Crippen LogP contribution >= 0.6 is 0 Å². The monoisotopic (exact) mass is 364 g/mol. The smallest absolute Gasteiger partial charge is 0.412 e. The lowest BCUT2D eigenvalue weighted by molar-refractivity contribution is -0.141. The summed E-state index contributed by atoms with van der Waals surface area (Å²) in [4.78, 5) is 36.4. The minimum absolute atomic E-state index is 0.0108. The molecule has 144 valence electrons. The van der Waals surface area contributed by atoms with Crippen LogP contribution in [0.3, 0.4) is 0 Å². The molecule has 0 saturated heterocycles. The predicted molar refractivity (Wildman–Crippen MR) is 98.4 cm³/mol. The van der Waals surface area contributed by atoms with Gasteiger partial charge in [-0.3, -0.25) is 14.7 Å². The van der Waals surface area contributed by atoms with Crippen molar-refractivity contribution >= 4 is 17.7 Å². The highest BCUT2D eigenvalue weighted by Gasteiger charge is 2.27. The highest BCUT2D eigenvalue weighted by molar-refractivity contribution is 5.84. The van der Waals surface area contributed by atoms with E-state index < -0.39 is 29.3 Å². The normalized spacial score (nSPS) is 16.7. The molecule has 0 radical (unpaired) electrons. The minimum atomic E-state index is -1.04. The molecule has 1 aromatic rings. The maximum atomic E-state index is 12.7. The summed E-state index contributed by atoms with van der Waals surface area (Å²) in [6, 6.07) is 2.07. The molecule has 1 atom stereocenters. The molecule has 7 nitrogen and oxygen atoms in total. The Hall–Kier alpha value is -2.31. The molecule has 0 aliphatic heterocycles. The molecular weight excluding hydrogens is 336 g/mol. The number of carbonyl (C=O) groups is 2. The Morgan fingerprint density at radius 2 is 1.96 bits per heavy atom. The van der Waals surface area contributed by atoms with Gasteiger partial charge in [-0.15, -0.1) is 0 Å². The van der Waals surface area contributed by atoms with Crippen LogP contribution in [0.25, 0.3) is 0 Å². The van der Waals surface area contributed by atoms with Gasteiger partial charge in [0.1, 0.15) is 17.3 Å². The van der Waals surface area contributed by atoms with Crippen molar-refractivity contribution in [2.75, 3.05) is 5.32 Å². The van der Waals surface area contributed by atoms with E-state index in [0.29, 0.717) is 12.3 Å². The Morgan fingerprint density at radius 3 is 2.54 bits per heavy atom. The number of aromatic nitrogens is 1. The number of carbonyl (C=O) groups excluding carboxylic acids is 1. The lowest BCUT2D eigenvalue weighted by atomic mass is 9.84. The molecule has 0 spiro atoms. The fourth-order valence-corrected chi connectivity index (χ4v) is 3.34. The Bertz CT molecular complexity index is 699. The van der Waals surface area contributed by atoms with E-state index in [2.05, 4.69) is 5.32 Å². The van der Waals surface area contributed by atoms with Crippen molar-refractivity contribution in [1.29, 1.82) is 0 Å². The number of nitrogens with zero attached hydrogens (tertiary/aromatic N) is 1. The molecule has 0 aromatic carbocycles. The molecule has 1 aliphatic rings. The molecule has 1 amide bonds. The fraction of sp³-hybridized carbons (Fsp3) is 0.632. The summed E-state index contributed by atoms with van der Waals surface area (Å²) in [6.45, 7) is 5.17. The van der Waals surface area contributed by atoms with Gasteiger partial charge in [-0.1, -0.05) is 32.1 Å². The number of ether oxygens (including phenoxy) is 1. The summed E-state index contributed by atoms with van der Waals surface area (Å²) in [7, 11) is 0. The van der Waals surface area contributed by atoms with E-state index in [-0.39, 0.29) is 5.69 Å². The van der Waals surface area contributed by atoms with Crippen LogP contribution in [-0.2, 0) is 9.53 Å². The number of hydrogen-bond donors (Lipinski definition) is 2. The van der Waals surface area contributed by atoms with E-state index in [1.165, 1.54) is 23.3 Å². The third-order valence-electron chi connectivity index (χ3n) is 4.51. The third-order valence-corrected chi connectivity index (χ3v) is 4.51. The van der Waals surface area contributed by atoms with Gasteiger partial charge in [0, 0.05) is 6.20 Å². The molecule has 1 fully saturated rings. The molecular formula is C19H28N2O5. The van der Waals surface area contributed by atoms with Gasteiger partial charge in [-0.2, -0.15) is 0 Å². The molecule has 1 heterocycles. The molecule has 26 heavy (non-hydrogen) atoms. The van der Waals surface area contributed by atoms with Crippen molar-refractivity contribution in [3.8, 4) is 0 Å². The van der Waals surface area contributed by atoms with Crippen LogP contribution in [0.5, 0.6) is 0 Å². The molecule has 1 aliphatic carbocycles. The number of carboxylic acid groups (broad SMARTS) is 1. The Kier molecular flexibility index (Phi) is 6.45. The minimum Gasteiger partial charge on any atom is -0.480 e. The zero-order valence-electron chi connectivity index (χ0n) is 15.7. The second-order valence-electron chi connectivity index (χ2n) is 7.85. The van der Waals surface area contributed by atoms with Crippen molar-refractivity contribution in [2.24, 2.45) is 5.92 Å². The van der Waals surface area contributed by atoms with Crippen LogP contribution in [0.15, 0.2) is 23.1 Å². The fourth-order valence-electron chi connectivity index (χ4n) is 3.34. The van der Waals surface area contributed by atoms with Crippen molar-refractivity contribution in [1.82, 2.24) is 4.57 Å². The number of carboxylic acids is 1. The Labute approximate surface area is 153 Å². The quantitative estimate of drug-likeness (QED) is 0.828. The summed E-state index contributed by atoms with van der Waals surface area (Å²) in [5, 5.41) is 12.1. The maximum Gasteiger partial charge on any atom is 0.412 e. The van der Waals surface area contributed by atoms with Gasteiger partial charge in [0.05, 0.1) is 0 Å². The highest BCUT2D eigenvalue weighted by Crippen LogP contribution is 2.30. The first-order chi connectivity index (χ1) is 12.2. The number of rotatable bonds is 5. The third kappa shape index (κ3) is 5.61. The SMILES string of the molecule is CC(C)(C)OC(=O)Nc1cccn([C@@H](CC2CCCCC2)C(=O)O)c1=O. The van der Waals surface area contributed by atoms with Crippen LogP contribution in [0.1, 0.15) is 65.3 Å². The van der Waals surface area contributed by atoms with Crippen LogP contribution in [0.2, 0.25) is 0 Å². The summed E-state index contributed by atoms with van der Waals surface area (Å²) in [5.74, 6) is -0.730. The summed E-state index contributed by atoms with van der Waals surface area (Å²) in [5.41, 5.74) is -1.22. The van der Waals surface area contributed by atoms with Gasteiger partial charge >= 0.3 is 12.1 Å². The zero-order valence-corrected chi connectivity index (χ0v) is 15.7. The van der Waals surface area contributed by atoms with Crippen molar-refractivity contribution in [2.45, 2.75) is 70.9 Å². The molecule has 0 bridgehead atoms. The first-order valence-electron chi connectivity index (χ1n) is 9.11. The van der Waals surface area contributed by atoms with Crippen LogP contribution in [0.4, 0.5) is 10.5 Å². The van der Waals surface area contributed by atoms with Gasteiger partial charge in [0.25, 0.3) is 5.56 Å². The van der Waals surface area contributed by atoms with Crippen LogP contribution in [-0.4, -0.2) is 27.3 Å². The number of hydrogen-bond acceptors (Lipinski definition) is 4. The Morgan fingerprint density at radius 1 is 1.31 bits per heavy atom. The van der Waals surface area contributed by atoms with Crippen molar-refractivity contribution < 1.29 is 19.4 Å². The molecule has 1 aromatic heterocycles. The number of nitrogens with one attached hydrogen (secondary N) is 1. The molecule has 7 heteroatoms. The number of aliphatic carboxylic acids is 1. The summed E-state index contributed by atoms with van der Waals surface area (Å²) in [6.07, 6.45) is 6.52. The van der Waals surface area contributed by atoms with Crippen molar-refractivity contribution in [3.63, 3.8) is 0 Å². The average molecular weight is 364 g/mol. The molecule has 2 rings (SSSR count). The molecule has 2 N–H and O–H groups in total. The van der Waals surface area contributed by atoms with Crippen molar-refractivity contribution in [3.05, 3.63) is 28.7 Å². The first kappa shape index (κ1) is 20.0. The number of anilines is 1. The van der Waals surface area contributed by atoms with Crippen LogP contribution < -0.4 is 10.9 Å². The van der Waals surface area contributed by atoms with E-state index in [0.717, 1.165) is 25.7 Å². The van der Waals surface area contributed by atoms with Gasteiger partial charge in [-0.25, -0.2) is 9.59 Å². The first-order valence-corrected chi connectivity index (χ1v) is 9.11. The summed E-state index contributed by atoms with van der Waals surface area (Å²) < 4.78 is 6.35. The molecule has 0 unspecified atom stereocenters. The van der Waals surface area contributed by atoms with Gasteiger partial charge in [-0.05, 0) is 45.2 Å². The van der Waals surface area contributed by atoms with Gasteiger partial charge in [0.2, 0.25) is 0 Å². The molecule has 1 saturated carbocycles. The topological polar surface area (TPSA) is 97.6 Å². The van der Waals surface area contributed by atoms with E-state index >= 15 is 0 Å². The predicted octanol–water partition coefficient (Wildman–Crippen LogP) is 3.79. The summed E-state index contributed by atoms with van der Waals surface area (Å²) >= 11 is 0. The second-order valence-corrected chi connectivity index (χ2v) is 7.85. The van der Waals surface area contributed by atoms with E-state index in [9.17, 15) is 19.5 Å². The second kappa shape index (κ2) is 8.38. The largest absolute Gasteiger partial charge is 0.480 e. The lowest BCUT2D eigenvalue weighted by Crippen LogP contribution is -2.34. The average Bonchev–Trinajstić information content (AvgIpc) is 2.54. The zero-order chi connectivity index (χ0) is 19.3. The van der Waals surface area contributed by atoms with Gasteiger partial charge in [0.15, 0.2) is 0 Å². The van der Waals surface area contributed by atoms with E-state index in [4.69, 9.17) is 4.74 Å². The Balaban J connectivity index is 2.20. The maximum absolute atomic E-state index is 12.7. The standard InChI is InChI=1S/C19H28N2O5/c1-19(2,3)26-18(25)20-14-10-7-11-21(16(14)22)15(17(23)24)12-13-8-5-4-6-9-13/h7,10-11,13,15H,4-6,8-9,12H2,1-3H3,(H,20,25)(H,23,24)/t15-/m0/s1. The lowest BCUT2D eigenvalue weighted by Gasteiger charge is -2.26. The van der Waals surface area contributed by atoms with Gasteiger partial charge < -0.3 is 9.84 Å². The highest BCUT2D eigenvalue weighted by atomic mass is 16.6.